The van der Waals surface area contributed by atoms with Crippen molar-refractivity contribution in [2.75, 3.05) is 13.6 Å². The summed E-state index contributed by atoms with van der Waals surface area (Å²) in [6.07, 6.45) is 0.794. The van der Waals surface area contributed by atoms with Crippen LogP contribution in [0.25, 0.3) is 0 Å². The highest BCUT2D eigenvalue weighted by Gasteiger charge is 2.26. The van der Waals surface area contributed by atoms with Crippen LogP contribution in [0, 0.1) is 5.82 Å². The molecule has 0 radical (unpaired) electrons. The fourth-order valence-corrected chi connectivity index (χ4v) is 1.90. The molecule has 2 amide bonds. The van der Waals surface area contributed by atoms with Crippen molar-refractivity contribution < 1.29 is 18.7 Å². The Morgan fingerprint density at radius 3 is 2.65 bits per heavy atom. The fraction of sp³-hybridized carbons (Fsp3) is 0.412. The highest BCUT2D eigenvalue weighted by atomic mass is 19.1. The molecule has 1 N–H and O–H groups in total. The molecule has 2 unspecified atom stereocenters. The molecule has 0 bridgehead atoms. The van der Waals surface area contributed by atoms with Crippen LogP contribution in [0.1, 0.15) is 20.3 Å². The predicted molar refractivity (Wildman–Crippen MR) is 86.5 cm³/mol. The van der Waals surface area contributed by atoms with Gasteiger partial charge in [0.2, 0.25) is 5.91 Å². The Bertz CT molecular complexity index is 563. The van der Waals surface area contributed by atoms with Crippen molar-refractivity contribution >= 4 is 11.8 Å². The van der Waals surface area contributed by atoms with Crippen molar-refractivity contribution in [2.24, 2.45) is 0 Å². The van der Waals surface area contributed by atoms with E-state index in [0.29, 0.717) is 13.0 Å². The van der Waals surface area contributed by atoms with Crippen molar-refractivity contribution in [1.82, 2.24) is 10.2 Å². The second-order valence-electron chi connectivity index (χ2n) is 5.19. The standard InChI is InChI=1S/C17H23FN2O3/c1-5-14(23-15-10-8-7-9-13(15)18)17(22)20(4)12(3)11-19-16(21)6-2/h6-10,12,14H,2,5,11H2,1,3-4H3,(H,19,21). The summed E-state index contributed by atoms with van der Waals surface area (Å²) in [4.78, 5) is 25.2. The molecule has 126 valence electrons. The van der Waals surface area contributed by atoms with Gasteiger partial charge in [0.1, 0.15) is 0 Å². The number of nitrogens with one attached hydrogen (secondary N) is 1. The van der Waals surface area contributed by atoms with Gasteiger partial charge >= 0.3 is 0 Å². The molecule has 0 heterocycles. The first-order valence-corrected chi connectivity index (χ1v) is 7.48. The van der Waals surface area contributed by atoms with Crippen LogP contribution in [-0.4, -0.2) is 42.5 Å². The maximum Gasteiger partial charge on any atom is 0.263 e. The molecule has 1 rings (SSSR count). The van der Waals surface area contributed by atoms with Crippen LogP contribution >= 0.6 is 0 Å². The molecule has 1 aromatic carbocycles. The lowest BCUT2D eigenvalue weighted by Gasteiger charge is -2.29. The van der Waals surface area contributed by atoms with Crippen molar-refractivity contribution in [3.63, 3.8) is 0 Å². The van der Waals surface area contributed by atoms with Crippen LogP contribution in [0.2, 0.25) is 0 Å². The zero-order chi connectivity index (χ0) is 17.4. The van der Waals surface area contributed by atoms with E-state index >= 15 is 0 Å². The molecule has 0 aliphatic heterocycles. The Morgan fingerprint density at radius 2 is 2.09 bits per heavy atom. The van der Waals surface area contributed by atoms with E-state index < -0.39 is 11.9 Å². The minimum Gasteiger partial charge on any atom is -0.478 e. The van der Waals surface area contributed by atoms with Crippen LogP contribution in [0.4, 0.5) is 4.39 Å². The second kappa shape index (κ2) is 8.92. The molecule has 0 spiro atoms. The van der Waals surface area contributed by atoms with Gasteiger partial charge in [0.05, 0.1) is 0 Å². The van der Waals surface area contributed by atoms with Gasteiger partial charge < -0.3 is 15.0 Å². The summed E-state index contributed by atoms with van der Waals surface area (Å²) in [5, 5.41) is 2.63. The number of likely N-dealkylation sites (N-methyl/N-ethyl adjacent to an activating group) is 1. The van der Waals surface area contributed by atoms with E-state index in [2.05, 4.69) is 11.9 Å². The number of para-hydroxylation sites is 1. The third kappa shape index (κ3) is 5.39. The number of hydrogen-bond donors (Lipinski definition) is 1. The van der Waals surface area contributed by atoms with Gasteiger partial charge in [-0.25, -0.2) is 4.39 Å². The fourth-order valence-electron chi connectivity index (χ4n) is 1.90. The molecule has 0 saturated carbocycles. The molecule has 5 nitrogen and oxygen atoms in total. The van der Waals surface area contributed by atoms with Gasteiger partial charge in [-0.1, -0.05) is 25.6 Å². The Balaban J connectivity index is 2.69. The first-order valence-electron chi connectivity index (χ1n) is 7.48. The lowest BCUT2D eigenvalue weighted by Crippen LogP contribution is -2.48. The summed E-state index contributed by atoms with van der Waals surface area (Å²) >= 11 is 0. The summed E-state index contributed by atoms with van der Waals surface area (Å²) in [6.45, 7) is 7.26. The third-order valence-corrected chi connectivity index (χ3v) is 3.52. The van der Waals surface area contributed by atoms with E-state index in [-0.39, 0.29) is 23.6 Å². The molecule has 6 heteroatoms. The van der Waals surface area contributed by atoms with Crippen molar-refractivity contribution in [1.29, 1.82) is 0 Å². The summed E-state index contributed by atoms with van der Waals surface area (Å²) in [6, 6.07) is 5.74. The van der Waals surface area contributed by atoms with Crippen molar-refractivity contribution in [2.45, 2.75) is 32.4 Å². The molecular weight excluding hydrogens is 299 g/mol. The molecule has 0 aromatic heterocycles. The molecule has 0 aliphatic rings. The molecule has 1 aromatic rings. The number of nitrogens with zero attached hydrogens (tertiary/aromatic N) is 1. The van der Waals surface area contributed by atoms with Crippen LogP contribution < -0.4 is 10.1 Å². The quantitative estimate of drug-likeness (QED) is 0.746. The molecular formula is C17H23FN2O3. The number of ether oxygens (including phenoxy) is 1. The van der Waals surface area contributed by atoms with Gasteiger partial charge in [0, 0.05) is 19.6 Å². The zero-order valence-corrected chi connectivity index (χ0v) is 13.7. The van der Waals surface area contributed by atoms with E-state index in [1.165, 1.54) is 23.1 Å². The Labute approximate surface area is 136 Å². The summed E-state index contributed by atoms with van der Waals surface area (Å²) < 4.78 is 19.2. The maximum atomic E-state index is 13.7. The van der Waals surface area contributed by atoms with Gasteiger partial charge in [0.15, 0.2) is 17.7 Å². The van der Waals surface area contributed by atoms with Crippen molar-refractivity contribution in [3.8, 4) is 5.75 Å². The third-order valence-electron chi connectivity index (χ3n) is 3.52. The first-order chi connectivity index (χ1) is 10.9. The number of benzene rings is 1. The van der Waals surface area contributed by atoms with Gasteiger partial charge in [-0.15, -0.1) is 0 Å². The highest BCUT2D eigenvalue weighted by Crippen LogP contribution is 2.19. The number of carbonyl (C=O) groups is 2. The van der Waals surface area contributed by atoms with Crippen LogP contribution in [-0.2, 0) is 9.59 Å². The molecule has 0 saturated heterocycles. The largest absolute Gasteiger partial charge is 0.478 e. The van der Waals surface area contributed by atoms with E-state index in [1.54, 1.807) is 33.0 Å². The van der Waals surface area contributed by atoms with Gasteiger partial charge in [-0.05, 0) is 31.6 Å². The smallest absolute Gasteiger partial charge is 0.263 e. The van der Waals surface area contributed by atoms with E-state index in [4.69, 9.17) is 4.74 Å². The van der Waals surface area contributed by atoms with Gasteiger partial charge in [0.25, 0.3) is 5.91 Å². The second-order valence-corrected chi connectivity index (χ2v) is 5.19. The average Bonchev–Trinajstić information content (AvgIpc) is 2.57. The van der Waals surface area contributed by atoms with Crippen LogP contribution in [0.3, 0.4) is 0 Å². The Hall–Kier alpha value is -2.37. The molecule has 2 atom stereocenters. The first kappa shape index (κ1) is 18.7. The van der Waals surface area contributed by atoms with E-state index in [0.717, 1.165) is 0 Å². The maximum absolute atomic E-state index is 13.7. The number of carbonyl (C=O) groups excluding carboxylic acids is 2. The number of amides is 2. The topological polar surface area (TPSA) is 58.6 Å². The predicted octanol–water partition coefficient (Wildman–Crippen LogP) is 2.13. The minimum absolute atomic E-state index is 0.0497. The summed E-state index contributed by atoms with van der Waals surface area (Å²) in [5.41, 5.74) is 0. The minimum atomic E-state index is -0.783. The summed E-state index contributed by atoms with van der Waals surface area (Å²) in [5.74, 6) is -1.02. The number of halogens is 1. The Kier molecular flexibility index (Phi) is 7.25. The van der Waals surface area contributed by atoms with Crippen LogP contribution in [0.5, 0.6) is 5.75 Å². The average molecular weight is 322 g/mol. The zero-order valence-electron chi connectivity index (χ0n) is 13.7. The van der Waals surface area contributed by atoms with Gasteiger partial charge in [-0.3, -0.25) is 9.59 Å². The Morgan fingerprint density at radius 1 is 1.43 bits per heavy atom. The van der Waals surface area contributed by atoms with Gasteiger partial charge in [-0.2, -0.15) is 0 Å². The molecule has 23 heavy (non-hydrogen) atoms. The molecule has 0 fully saturated rings. The number of rotatable bonds is 8. The molecule has 0 aliphatic carbocycles. The monoisotopic (exact) mass is 322 g/mol. The number of hydrogen-bond acceptors (Lipinski definition) is 3. The van der Waals surface area contributed by atoms with Crippen molar-refractivity contribution in [3.05, 3.63) is 42.7 Å². The lowest BCUT2D eigenvalue weighted by molar-refractivity contribution is -0.139. The summed E-state index contributed by atoms with van der Waals surface area (Å²) in [7, 11) is 1.63. The SMILES string of the molecule is C=CC(=O)NCC(C)N(C)C(=O)C(CC)Oc1ccccc1F. The van der Waals surface area contributed by atoms with E-state index in [1.807, 2.05) is 0 Å². The highest BCUT2D eigenvalue weighted by molar-refractivity contribution is 5.87. The lowest BCUT2D eigenvalue weighted by atomic mass is 10.2. The van der Waals surface area contributed by atoms with E-state index in [9.17, 15) is 14.0 Å². The van der Waals surface area contributed by atoms with Crippen LogP contribution in [0.15, 0.2) is 36.9 Å². The normalized spacial score (nSPS) is 12.9.